The first-order valence-electron chi connectivity index (χ1n) is 6.40. The molecular formula is C15H12BrClFNO2. The minimum Gasteiger partial charge on any atom is -0.486 e. The van der Waals surface area contributed by atoms with Gasteiger partial charge in [-0.1, -0.05) is 11.6 Å². The Morgan fingerprint density at radius 1 is 1.19 bits per heavy atom. The lowest BCUT2D eigenvalue weighted by Crippen LogP contribution is -2.16. The summed E-state index contributed by atoms with van der Waals surface area (Å²) >= 11 is 9.30. The summed E-state index contributed by atoms with van der Waals surface area (Å²) in [6.07, 6.45) is 0. The van der Waals surface area contributed by atoms with Gasteiger partial charge >= 0.3 is 0 Å². The maximum Gasteiger partial charge on any atom is 0.179 e. The minimum absolute atomic E-state index is 0.305. The van der Waals surface area contributed by atoms with Gasteiger partial charge in [-0.15, -0.1) is 0 Å². The van der Waals surface area contributed by atoms with E-state index in [1.54, 1.807) is 12.1 Å². The van der Waals surface area contributed by atoms with E-state index < -0.39 is 0 Å². The monoisotopic (exact) mass is 371 g/mol. The highest BCUT2D eigenvalue weighted by molar-refractivity contribution is 9.10. The van der Waals surface area contributed by atoms with Gasteiger partial charge in [-0.2, -0.15) is 0 Å². The average Bonchev–Trinajstić information content (AvgIpc) is 2.49. The predicted molar refractivity (Wildman–Crippen MR) is 83.9 cm³/mol. The van der Waals surface area contributed by atoms with Crippen LogP contribution in [0.4, 0.5) is 10.1 Å². The van der Waals surface area contributed by atoms with Gasteiger partial charge in [-0.3, -0.25) is 0 Å². The third-order valence-electron chi connectivity index (χ3n) is 3.07. The van der Waals surface area contributed by atoms with E-state index in [1.807, 2.05) is 12.1 Å². The van der Waals surface area contributed by atoms with Gasteiger partial charge in [0.05, 0.1) is 9.50 Å². The minimum atomic E-state index is -0.305. The van der Waals surface area contributed by atoms with Crippen LogP contribution in [0.3, 0.4) is 0 Å². The van der Waals surface area contributed by atoms with Gasteiger partial charge in [-0.05, 0) is 51.8 Å². The molecule has 1 heterocycles. The molecule has 1 aliphatic rings. The Morgan fingerprint density at radius 3 is 2.81 bits per heavy atom. The number of hydrogen-bond acceptors (Lipinski definition) is 3. The second-order valence-corrected chi connectivity index (χ2v) is 5.85. The van der Waals surface area contributed by atoms with E-state index >= 15 is 0 Å². The van der Waals surface area contributed by atoms with Crippen LogP contribution in [0.1, 0.15) is 5.56 Å². The first kappa shape index (κ1) is 14.5. The molecule has 110 valence electrons. The topological polar surface area (TPSA) is 30.5 Å². The Balaban J connectivity index is 1.76. The summed E-state index contributed by atoms with van der Waals surface area (Å²) in [5.41, 5.74) is 1.63. The van der Waals surface area contributed by atoms with Crippen LogP contribution in [0.25, 0.3) is 0 Å². The smallest absolute Gasteiger partial charge is 0.179 e. The van der Waals surface area contributed by atoms with Gasteiger partial charge in [0.25, 0.3) is 0 Å². The molecule has 0 saturated heterocycles. The van der Waals surface area contributed by atoms with Crippen LogP contribution >= 0.6 is 27.5 Å². The molecule has 0 saturated carbocycles. The molecule has 1 N–H and O–H groups in total. The summed E-state index contributed by atoms with van der Waals surface area (Å²) in [5, 5.41) is 3.67. The van der Waals surface area contributed by atoms with Crippen LogP contribution in [-0.4, -0.2) is 13.2 Å². The molecule has 3 nitrogen and oxygen atoms in total. The van der Waals surface area contributed by atoms with E-state index in [2.05, 4.69) is 21.2 Å². The SMILES string of the molecule is Fc1cc(NCc2cc(Cl)c3c(c2)OCCO3)ccc1Br. The molecule has 0 atom stereocenters. The standard InChI is InChI=1S/C15H12BrClFNO2/c16-11-2-1-10(7-13(11)18)19-8-9-5-12(17)15-14(6-9)20-3-4-21-15/h1-2,5-7,19H,3-4,8H2. The normalized spacial score (nSPS) is 13.1. The number of rotatable bonds is 3. The zero-order valence-electron chi connectivity index (χ0n) is 11.0. The number of fused-ring (bicyclic) bond motifs is 1. The van der Waals surface area contributed by atoms with Crippen molar-refractivity contribution in [2.75, 3.05) is 18.5 Å². The molecule has 0 bridgehead atoms. The molecule has 0 aliphatic carbocycles. The molecular weight excluding hydrogens is 361 g/mol. The highest BCUT2D eigenvalue weighted by atomic mass is 79.9. The van der Waals surface area contributed by atoms with Crippen molar-refractivity contribution in [3.63, 3.8) is 0 Å². The van der Waals surface area contributed by atoms with Crippen molar-refractivity contribution in [3.05, 3.63) is 51.2 Å². The van der Waals surface area contributed by atoms with Gasteiger partial charge in [0, 0.05) is 12.2 Å². The molecule has 0 spiro atoms. The van der Waals surface area contributed by atoms with Crippen molar-refractivity contribution >= 4 is 33.2 Å². The fourth-order valence-electron chi connectivity index (χ4n) is 2.08. The van der Waals surface area contributed by atoms with Crippen molar-refractivity contribution in [2.24, 2.45) is 0 Å². The quantitative estimate of drug-likeness (QED) is 0.852. The van der Waals surface area contributed by atoms with E-state index in [4.69, 9.17) is 21.1 Å². The van der Waals surface area contributed by atoms with E-state index in [9.17, 15) is 4.39 Å². The molecule has 0 radical (unpaired) electrons. The fraction of sp³-hybridized carbons (Fsp3) is 0.200. The van der Waals surface area contributed by atoms with Gasteiger partial charge in [0.2, 0.25) is 0 Å². The van der Waals surface area contributed by atoms with Crippen LogP contribution in [0.5, 0.6) is 11.5 Å². The lowest BCUT2D eigenvalue weighted by molar-refractivity contribution is 0.171. The van der Waals surface area contributed by atoms with Crippen LogP contribution in [-0.2, 0) is 6.54 Å². The molecule has 0 aromatic heterocycles. The third-order valence-corrected chi connectivity index (χ3v) is 4.00. The molecule has 3 rings (SSSR count). The molecule has 0 amide bonds. The Labute approximate surface area is 135 Å². The van der Waals surface area contributed by atoms with Crippen molar-refractivity contribution in [2.45, 2.75) is 6.54 Å². The number of halogens is 3. The Hall–Kier alpha value is -1.46. The van der Waals surface area contributed by atoms with Crippen molar-refractivity contribution in [1.29, 1.82) is 0 Å². The van der Waals surface area contributed by atoms with Crippen molar-refractivity contribution in [1.82, 2.24) is 0 Å². The van der Waals surface area contributed by atoms with Gasteiger partial charge in [0.15, 0.2) is 11.5 Å². The molecule has 6 heteroatoms. The summed E-state index contributed by atoms with van der Waals surface area (Å²) in [6.45, 7) is 1.53. The maximum absolute atomic E-state index is 13.4. The summed E-state index contributed by atoms with van der Waals surface area (Å²) in [5.74, 6) is 0.925. The molecule has 1 aliphatic heterocycles. The maximum atomic E-state index is 13.4. The van der Waals surface area contributed by atoms with Gasteiger partial charge < -0.3 is 14.8 Å². The second-order valence-electron chi connectivity index (χ2n) is 4.58. The van der Waals surface area contributed by atoms with E-state index in [-0.39, 0.29) is 5.82 Å². The highest BCUT2D eigenvalue weighted by Gasteiger charge is 2.16. The summed E-state index contributed by atoms with van der Waals surface area (Å²) in [6, 6.07) is 8.59. The first-order valence-corrected chi connectivity index (χ1v) is 7.57. The number of benzene rings is 2. The van der Waals surface area contributed by atoms with Crippen molar-refractivity contribution < 1.29 is 13.9 Å². The number of nitrogens with one attached hydrogen (secondary N) is 1. The van der Waals surface area contributed by atoms with Crippen LogP contribution in [0.15, 0.2) is 34.8 Å². The van der Waals surface area contributed by atoms with Crippen LogP contribution in [0.2, 0.25) is 5.02 Å². The Kier molecular flexibility index (Phi) is 4.22. The summed E-state index contributed by atoms with van der Waals surface area (Å²) < 4.78 is 24.9. The molecule has 21 heavy (non-hydrogen) atoms. The zero-order chi connectivity index (χ0) is 14.8. The van der Waals surface area contributed by atoms with Gasteiger partial charge in [0.1, 0.15) is 19.0 Å². The third kappa shape index (κ3) is 3.24. The number of anilines is 1. The molecule has 2 aromatic carbocycles. The summed E-state index contributed by atoms with van der Waals surface area (Å²) in [4.78, 5) is 0. The predicted octanol–water partition coefficient (Wildman–Crippen LogP) is 4.62. The van der Waals surface area contributed by atoms with E-state index in [0.717, 1.165) is 5.56 Å². The van der Waals surface area contributed by atoms with Crippen molar-refractivity contribution in [3.8, 4) is 11.5 Å². The van der Waals surface area contributed by atoms with Gasteiger partial charge in [-0.25, -0.2) is 4.39 Å². The highest BCUT2D eigenvalue weighted by Crippen LogP contribution is 2.38. The number of hydrogen-bond donors (Lipinski definition) is 1. The number of ether oxygens (including phenoxy) is 2. The zero-order valence-corrected chi connectivity index (χ0v) is 13.3. The molecule has 0 fully saturated rings. The second kappa shape index (κ2) is 6.12. The lowest BCUT2D eigenvalue weighted by atomic mass is 10.2. The Morgan fingerprint density at radius 2 is 2.00 bits per heavy atom. The summed E-state index contributed by atoms with van der Waals surface area (Å²) in [7, 11) is 0. The lowest BCUT2D eigenvalue weighted by Gasteiger charge is -2.20. The van der Waals surface area contributed by atoms with E-state index in [1.165, 1.54) is 6.07 Å². The fourth-order valence-corrected chi connectivity index (χ4v) is 2.61. The van der Waals surface area contributed by atoms with Crippen LogP contribution in [0, 0.1) is 5.82 Å². The molecule has 2 aromatic rings. The average molecular weight is 373 g/mol. The molecule has 0 unspecified atom stereocenters. The first-order chi connectivity index (χ1) is 10.1. The van der Waals surface area contributed by atoms with Crippen LogP contribution < -0.4 is 14.8 Å². The Bertz CT molecular complexity index is 681. The largest absolute Gasteiger partial charge is 0.486 e. The van der Waals surface area contributed by atoms with E-state index in [0.29, 0.717) is 46.4 Å².